The second-order valence-corrected chi connectivity index (χ2v) is 3.39. The van der Waals surface area contributed by atoms with Crippen molar-refractivity contribution in [1.29, 1.82) is 0 Å². The van der Waals surface area contributed by atoms with Gasteiger partial charge in [0.1, 0.15) is 0 Å². The van der Waals surface area contributed by atoms with Gasteiger partial charge in [-0.2, -0.15) is 0 Å². The third-order valence-corrected chi connectivity index (χ3v) is 2.19. The Morgan fingerprint density at radius 1 is 1.77 bits per heavy atom. The molecule has 0 fully saturated rings. The minimum Gasteiger partial charge on any atom is -0.338 e. The molecule has 0 radical (unpaired) electrons. The van der Waals surface area contributed by atoms with Gasteiger partial charge in [0.25, 0.3) is 0 Å². The van der Waals surface area contributed by atoms with E-state index in [9.17, 15) is 4.79 Å². The predicted octanol–water partition coefficient (Wildman–Crippen LogP) is 1.30. The molecule has 4 nitrogen and oxygen atoms in total. The van der Waals surface area contributed by atoms with Gasteiger partial charge < -0.3 is 10.2 Å². The van der Waals surface area contributed by atoms with Crippen LogP contribution in [-0.4, -0.2) is 29.5 Å². The number of nitrogens with one attached hydrogen (secondary N) is 1. The Labute approximate surface area is 81.6 Å². The molecule has 0 aliphatic rings. The van der Waals surface area contributed by atoms with Crippen LogP contribution in [0.5, 0.6) is 0 Å². The van der Waals surface area contributed by atoms with E-state index < -0.39 is 0 Å². The molecule has 13 heavy (non-hydrogen) atoms. The van der Waals surface area contributed by atoms with Crippen molar-refractivity contribution in [2.45, 2.75) is 13.5 Å². The van der Waals surface area contributed by atoms with Crippen LogP contribution >= 0.6 is 11.3 Å². The third kappa shape index (κ3) is 3.02. The first-order chi connectivity index (χ1) is 6.24. The van der Waals surface area contributed by atoms with Crippen LogP contribution < -0.4 is 5.32 Å². The summed E-state index contributed by atoms with van der Waals surface area (Å²) in [5, 5.41) is 4.66. The number of thiazole rings is 1. The highest BCUT2D eigenvalue weighted by Gasteiger charge is 2.07. The van der Waals surface area contributed by atoms with Crippen LogP contribution in [-0.2, 0) is 6.54 Å². The van der Waals surface area contributed by atoms with E-state index in [1.807, 2.05) is 12.3 Å². The number of hydrogen-bond donors (Lipinski definition) is 1. The topological polar surface area (TPSA) is 45.2 Å². The summed E-state index contributed by atoms with van der Waals surface area (Å²) in [4.78, 5) is 17.0. The van der Waals surface area contributed by atoms with Crippen molar-refractivity contribution < 1.29 is 4.79 Å². The Hall–Kier alpha value is -1.10. The normalized spacial score (nSPS) is 9.69. The van der Waals surface area contributed by atoms with Crippen molar-refractivity contribution in [3.05, 3.63) is 16.6 Å². The molecule has 0 spiro atoms. The summed E-state index contributed by atoms with van der Waals surface area (Å²) in [6.45, 7) is 3.12. The summed E-state index contributed by atoms with van der Waals surface area (Å²) in [6.07, 6.45) is 0. The Kier molecular flexibility index (Phi) is 3.70. The Balaban J connectivity index is 2.41. The Bertz CT molecular complexity index is 260. The van der Waals surface area contributed by atoms with E-state index in [1.165, 1.54) is 11.3 Å². The lowest BCUT2D eigenvalue weighted by Crippen LogP contribution is -2.36. The zero-order valence-electron chi connectivity index (χ0n) is 7.78. The molecule has 0 aliphatic carbocycles. The molecule has 0 unspecified atom stereocenters. The first kappa shape index (κ1) is 9.98. The summed E-state index contributed by atoms with van der Waals surface area (Å²) in [5.41, 5.74) is 2.69. The summed E-state index contributed by atoms with van der Waals surface area (Å²) in [5.74, 6) is 0. The van der Waals surface area contributed by atoms with Crippen LogP contribution in [0.4, 0.5) is 4.79 Å². The predicted molar refractivity (Wildman–Crippen MR) is 52.7 cm³/mol. The summed E-state index contributed by atoms with van der Waals surface area (Å²) in [6, 6.07) is -0.0597. The number of hydrogen-bond acceptors (Lipinski definition) is 3. The number of rotatable bonds is 3. The molecule has 5 heteroatoms. The van der Waals surface area contributed by atoms with Gasteiger partial charge in [-0.25, -0.2) is 9.78 Å². The highest BCUT2D eigenvalue weighted by Crippen LogP contribution is 2.03. The smallest absolute Gasteiger partial charge is 0.317 e. The fraction of sp³-hybridized carbons (Fsp3) is 0.500. The van der Waals surface area contributed by atoms with Crippen LogP contribution in [0.25, 0.3) is 0 Å². The third-order valence-electron chi connectivity index (χ3n) is 1.56. The van der Waals surface area contributed by atoms with E-state index in [2.05, 4.69) is 10.3 Å². The Morgan fingerprint density at radius 3 is 3.08 bits per heavy atom. The van der Waals surface area contributed by atoms with E-state index in [0.29, 0.717) is 13.1 Å². The van der Waals surface area contributed by atoms with Crippen molar-refractivity contribution in [1.82, 2.24) is 15.2 Å². The van der Waals surface area contributed by atoms with E-state index in [4.69, 9.17) is 0 Å². The van der Waals surface area contributed by atoms with E-state index in [1.54, 1.807) is 17.5 Å². The molecule has 0 bridgehead atoms. The van der Waals surface area contributed by atoms with E-state index in [-0.39, 0.29) is 6.03 Å². The van der Waals surface area contributed by atoms with Gasteiger partial charge in [-0.05, 0) is 6.92 Å². The largest absolute Gasteiger partial charge is 0.338 e. The minimum absolute atomic E-state index is 0.0597. The summed E-state index contributed by atoms with van der Waals surface area (Å²) in [7, 11) is 1.75. The van der Waals surface area contributed by atoms with E-state index >= 15 is 0 Å². The molecule has 2 amide bonds. The monoisotopic (exact) mass is 199 g/mol. The van der Waals surface area contributed by atoms with Crippen LogP contribution in [0.3, 0.4) is 0 Å². The number of aromatic nitrogens is 1. The zero-order valence-corrected chi connectivity index (χ0v) is 8.60. The summed E-state index contributed by atoms with van der Waals surface area (Å²) < 4.78 is 0. The van der Waals surface area contributed by atoms with Crippen molar-refractivity contribution in [2.24, 2.45) is 0 Å². The quantitative estimate of drug-likeness (QED) is 0.797. The van der Waals surface area contributed by atoms with Crippen molar-refractivity contribution in [3.8, 4) is 0 Å². The zero-order chi connectivity index (χ0) is 9.68. The molecule has 0 saturated heterocycles. The highest BCUT2D eigenvalue weighted by molar-refractivity contribution is 7.07. The number of carbonyl (C=O) groups is 1. The lowest BCUT2D eigenvalue weighted by Gasteiger charge is -2.15. The number of urea groups is 1. The van der Waals surface area contributed by atoms with Crippen LogP contribution in [0.1, 0.15) is 12.6 Å². The second kappa shape index (κ2) is 4.81. The lowest BCUT2D eigenvalue weighted by atomic mass is 10.4. The van der Waals surface area contributed by atoms with Crippen LogP contribution in [0.15, 0.2) is 10.9 Å². The first-order valence-electron chi connectivity index (χ1n) is 4.10. The van der Waals surface area contributed by atoms with E-state index in [0.717, 1.165) is 5.69 Å². The maximum absolute atomic E-state index is 11.3. The molecule has 1 aromatic rings. The molecule has 72 valence electrons. The van der Waals surface area contributed by atoms with Gasteiger partial charge in [0.15, 0.2) is 0 Å². The first-order valence-corrected chi connectivity index (χ1v) is 5.04. The number of carbonyl (C=O) groups excluding carboxylic acids is 1. The highest BCUT2D eigenvalue weighted by atomic mass is 32.1. The molecule has 1 heterocycles. The fourth-order valence-corrected chi connectivity index (χ4v) is 1.47. The molecular weight excluding hydrogens is 186 g/mol. The van der Waals surface area contributed by atoms with Crippen molar-refractivity contribution >= 4 is 17.4 Å². The average Bonchev–Trinajstić information content (AvgIpc) is 2.57. The maximum atomic E-state index is 11.3. The van der Waals surface area contributed by atoms with Gasteiger partial charge >= 0.3 is 6.03 Å². The fourth-order valence-electron chi connectivity index (χ4n) is 0.917. The maximum Gasteiger partial charge on any atom is 0.317 e. The summed E-state index contributed by atoms with van der Waals surface area (Å²) >= 11 is 1.54. The van der Waals surface area contributed by atoms with Gasteiger partial charge in [-0.15, -0.1) is 11.3 Å². The lowest BCUT2D eigenvalue weighted by molar-refractivity contribution is 0.207. The SMILES string of the molecule is CCNC(=O)N(C)Cc1cscn1. The molecule has 0 aromatic carbocycles. The average molecular weight is 199 g/mol. The van der Waals surface area contributed by atoms with Crippen molar-refractivity contribution in [2.75, 3.05) is 13.6 Å². The minimum atomic E-state index is -0.0597. The van der Waals surface area contributed by atoms with Gasteiger partial charge in [0.05, 0.1) is 17.7 Å². The molecule has 0 aliphatic heterocycles. The number of amides is 2. The van der Waals surface area contributed by atoms with Gasteiger partial charge in [-0.1, -0.05) is 0 Å². The standard InChI is InChI=1S/C8H13N3OS/c1-3-9-8(12)11(2)4-7-5-13-6-10-7/h5-6H,3-4H2,1-2H3,(H,9,12). The number of nitrogens with zero attached hydrogens (tertiary/aromatic N) is 2. The molecule has 0 saturated carbocycles. The van der Waals surface area contributed by atoms with Gasteiger partial charge in [0.2, 0.25) is 0 Å². The molecule has 1 rings (SSSR count). The second-order valence-electron chi connectivity index (χ2n) is 2.67. The molecular formula is C8H13N3OS. The van der Waals surface area contributed by atoms with Crippen LogP contribution in [0, 0.1) is 0 Å². The Morgan fingerprint density at radius 2 is 2.54 bits per heavy atom. The van der Waals surface area contributed by atoms with Gasteiger partial charge in [0, 0.05) is 19.0 Å². The molecule has 0 atom stereocenters. The van der Waals surface area contributed by atoms with Crippen molar-refractivity contribution in [3.63, 3.8) is 0 Å². The molecule has 1 aromatic heterocycles. The molecule has 1 N–H and O–H groups in total. The van der Waals surface area contributed by atoms with Gasteiger partial charge in [-0.3, -0.25) is 0 Å². The van der Waals surface area contributed by atoms with Crippen LogP contribution in [0.2, 0.25) is 0 Å².